The quantitative estimate of drug-likeness (QED) is 0.114. The Morgan fingerprint density at radius 2 is 0.918 bits per heavy atom. The molecule has 5 N–H and O–H groups in total. The van der Waals surface area contributed by atoms with Crippen molar-refractivity contribution < 1.29 is 33.8 Å². The van der Waals surface area contributed by atoms with E-state index in [-0.39, 0.29) is 39.0 Å². The largest absolute Gasteiger partial charge is 0.445 e. The summed E-state index contributed by atoms with van der Waals surface area (Å²) in [6.45, 7) is -0.229. The molecule has 0 aliphatic carbocycles. The molecule has 3 atom stereocenters. The van der Waals surface area contributed by atoms with Crippen LogP contribution in [-0.4, -0.2) is 60.4 Å². The maximum absolute atomic E-state index is 13.4. The summed E-state index contributed by atoms with van der Waals surface area (Å²) in [5.41, 5.74) is 3.27. The van der Waals surface area contributed by atoms with Gasteiger partial charge in [0.25, 0.3) is 0 Å². The van der Waals surface area contributed by atoms with E-state index in [1.807, 2.05) is 121 Å². The van der Waals surface area contributed by atoms with Crippen molar-refractivity contribution in [3.63, 3.8) is 0 Å². The monoisotopic (exact) mass is 666 g/mol. The van der Waals surface area contributed by atoms with Crippen molar-refractivity contribution in [1.82, 2.24) is 21.3 Å². The van der Waals surface area contributed by atoms with E-state index < -0.39 is 48.7 Å². The maximum Gasteiger partial charge on any atom is 0.408 e. The van der Waals surface area contributed by atoms with E-state index >= 15 is 0 Å². The van der Waals surface area contributed by atoms with Crippen LogP contribution in [0.15, 0.2) is 121 Å². The lowest BCUT2D eigenvalue weighted by Gasteiger charge is -2.23. The van der Waals surface area contributed by atoms with Gasteiger partial charge in [0.15, 0.2) is 0 Å². The number of amides is 4. The molecule has 256 valence electrons. The van der Waals surface area contributed by atoms with Gasteiger partial charge in [-0.2, -0.15) is 0 Å². The zero-order chi connectivity index (χ0) is 34.7. The first kappa shape index (κ1) is 36.2. The highest BCUT2D eigenvalue weighted by atomic mass is 16.6. The van der Waals surface area contributed by atoms with Gasteiger partial charge in [0.1, 0.15) is 25.3 Å². The Labute approximate surface area is 286 Å². The third-order valence-electron chi connectivity index (χ3n) is 7.57. The molecule has 0 spiro atoms. The molecule has 4 rings (SSSR count). The van der Waals surface area contributed by atoms with Gasteiger partial charge in [-0.15, -0.1) is 0 Å². The number of benzene rings is 4. The Balaban J connectivity index is 1.31. The second kappa shape index (κ2) is 19.9. The highest BCUT2D eigenvalue weighted by molar-refractivity contribution is 5.87. The number of carbonyl (C=O) groups is 4. The highest BCUT2D eigenvalue weighted by Gasteiger charge is 2.26. The van der Waals surface area contributed by atoms with Crippen LogP contribution < -0.4 is 21.3 Å². The zero-order valence-electron chi connectivity index (χ0n) is 27.1. The van der Waals surface area contributed by atoms with Crippen LogP contribution in [0.5, 0.6) is 0 Å². The summed E-state index contributed by atoms with van der Waals surface area (Å²) in [4.78, 5) is 51.9. The van der Waals surface area contributed by atoms with Crippen LogP contribution in [0.3, 0.4) is 0 Å². The average molecular weight is 667 g/mol. The first-order chi connectivity index (χ1) is 23.9. The van der Waals surface area contributed by atoms with Crippen LogP contribution >= 0.6 is 0 Å². The second-order valence-corrected chi connectivity index (χ2v) is 11.4. The molecule has 0 aliphatic rings. The molecular formula is C38H42N4O7. The number of hydrogen-bond donors (Lipinski definition) is 5. The normalized spacial score (nSPS) is 12.4. The van der Waals surface area contributed by atoms with Crippen molar-refractivity contribution >= 4 is 24.0 Å². The molecule has 11 heteroatoms. The lowest BCUT2D eigenvalue weighted by molar-refractivity contribution is -0.124. The van der Waals surface area contributed by atoms with Crippen molar-refractivity contribution in [2.24, 2.45) is 0 Å². The van der Waals surface area contributed by atoms with Gasteiger partial charge in [0, 0.05) is 19.4 Å². The van der Waals surface area contributed by atoms with Crippen LogP contribution in [0.25, 0.3) is 0 Å². The number of nitrogens with one attached hydrogen (secondary N) is 4. The zero-order valence-corrected chi connectivity index (χ0v) is 27.1. The van der Waals surface area contributed by atoms with Gasteiger partial charge in [-0.3, -0.25) is 9.59 Å². The third-order valence-corrected chi connectivity index (χ3v) is 7.57. The lowest BCUT2D eigenvalue weighted by Crippen LogP contribution is -2.52. The van der Waals surface area contributed by atoms with E-state index in [1.165, 1.54) is 0 Å². The number of carbonyl (C=O) groups excluding carboxylic acids is 4. The fraction of sp³-hybridized carbons (Fsp3) is 0.263. The molecule has 0 heterocycles. The molecule has 0 fully saturated rings. The molecule has 0 saturated carbocycles. The van der Waals surface area contributed by atoms with Crippen molar-refractivity contribution in [1.29, 1.82) is 0 Å². The standard InChI is InChI=1S/C38H42N4O7/c43-25-32(40-36(45)34(24-29-15-7-2-8-16-29)42-38(47)49-27-31-19-11-4-12-20-31)21-22-39-35(44)33(23-28-13-5-1-6-14-28)41-37(46)48-26-30-17-9-3-10-18-30/h1-20,32-34,43H,21-27H2,(H,39,44)(H,40,45)(H,41,46)(H,42,47). The Morgan fingerprint density at radius 3 is 1.33 bits per heavy atom. The molecule has 0 aromatic heterocycles. The van der Waals surface area contributed by atoms with Crippen molar-refractivity contribution in [3.05, 3.63) is 144 Å². The second-order valence-electron chi connectivity index (χ2n) is 11.4. The SMILES string of the molecule is O=C(NC(Cc1ccccc1)C(=O)NCCC(CO)NC(=O)C(Cc1ccccc1)NC(=O)OCc1ccccc1)OCc1ccccc1. The fourth-order valence-electron chi connectivity index (χ4n) is 4.94. The molecule has 4 amide bonds. The average Bonchev–Trinajstić information content (AvgIpc) is 3.13. The molecule has 0 aliphatic heterocycles. The molecule has 4 aromatic rings. The van der Waals surface area contributed by atoms with Crippen molar-refractivity contribution in [3.8, 4) is 0 Å². The van der Waals surface area contributed by atoms with E-state index in [0.717, 1.165) is 22.3 Å². The van der Waals surface area contributed by atoms with Crippen molar-refractivity contribution in [2.45, 2.75) is 50.6 Å². The Bertz CT molecular complexity index is 1590. The number of rotatable bonds is 17. The molecule has 4 aromatic carbocycles. The van der Waals surface area contributed by atoms with Crippen LogP contribution in [-0.2, 0) is 45.1 Å². The molecule has 3 unspecified atom stereocenters. The summed E-state index contributed by atoms with van der Waals surface area (Å²) < 4.78 is 10.7. The van der Waals surface area contributed by atoms with Crippen LogP contribution in [0.1, 0.15) is 28.7 Å². The minimum atomic E-state index is -0.990. The summed E-state index contributed by atoms with van der Waals surface area (Å²) >= 11 is 0. The molecule has 49 heavy (non-hydrogen) atoms. The summed E-state index contributed by atoms with van der Waals surface area (Å²) in [6, 6.07) is 34.2. The summed E-state index contributed by atoms with van der Waals surface area (Å²) in [5.74, 6) is -0.969. The molecular weight excluding hydrogens is 624 g/mol. The summed E-state index contributed by atoms with van der Waals surface area (Å²) in [5, 5.41) is 20.9. The van der Waals surface area contributed by atoms with Gasteiger partial charge < -0.3 is 35.8 Å². The lowest BCUT2D eigenvalue weighted by atomic mass is 10.0. The molecule has 0 radical (unpaired) electrons. The smallest absolute Gasteiger partial charge is 0.408 e. The van der Waals surface area contributed by atoms with E-state index in [4.69, 9.17) is 9.47 Å². The summed E-state index contributed by atoms with van der Waals surface area (Å²) in [6.07, 6.45) is -0.900. The minimum Gasteiger partial charge on any atom is -0.445 e. The van der Waals surface area contributed by atoms with Gasteiger partial charge in [-0.1, -0.05) is 121 Å². The van der Waals surface area contributed by atoms with Crippen LogP contribution in [0, 0.1) is 0 Å². The van der Waals surface area contributed by atoms with Crippen molar-refractivity contribution in [2.75, 3.05) is 13.2 Å². The number of aliphatic hydroxyl groups is 1. The van der Waals surface area contributed by atoms with Gasteiger partial charge in [-0.05, 0) is 28.7 Å². The van der Waals surface area contributed by atoms with Gasteiger partial charge in [-0.25, -0.2) is 9.59 Å². The Kier molecular flexibility index (Phi) is 14.7. The van der Waals surface area contributed by atoms with Gasteiger partial charge in [0.05, 0.1) is 12.6 Å². The van der Waals surface area contributed by atoms with E-state index in [2.05, 4.69) is 21.3 Å². The summed E-state index contributed by atoms with van der Waals surface area (Å²) in [7, 11) is 0. The highest BCUT2D eigenvalue weighted by Crippen LogP contribution is 2.08. The topological polar surface area (TPSA) is 155 Å². The Morgan fingerprint density at radius 1 is 0.531 bits per heavy atom. The molecule has 0 saturated heterocycles. The number of ether oxygens (including phenoxy) is 2. The number of alkyl carbamates (subject to hydrolysis) is 2. The number of hydrogen-bond acceptors (Lipinski definition) is 7. The van der Waals surface area contributed by atoms with E-state index in [1.54, 1.807) is 0 Å². The molecule has 11 nitrogen and oxygen atoms in total. The predicted octanol–water partition coefficient (Wildman–Crippen LogP) is 4.05. The Hall–Kier alpha value is -5.68. The van der Waals surface area contributed by atoms with Crippen LogP contribution in [0.2, 0.25) is 0 Å². The molecule has 0 bridgehead atoms. The maximum atomic E-state index is 13.4. The van der Waals surface area contributed by atoms with Gasteiger partial charge >= 0.3 is 12.2 Å². The first-order valence-electron chi connectivity index (χ1n) is 16.1. The predicted molar refractivity (Wildman–Crippen MR) is 184 cm³/mol. The fourth-order valence-corrected chi connectivity index (χ4v) is 4.94. The first-order valence-corrected chi connectivity index (χ1v) is 16.1. The third kappa shape index (κ3) is 13.2. The van der Waals surface area contributed by atoms with E-state index in [9.17, 15) is 24.3 Å². The van der Waals surface area contributed by atoms with E-state index in [0.29, 0.717) is 0 Å². The minimum absolute atomic E-state index is 0.0379. The number of aliphatic hydroxyl groups excluding tert-OH is 1. The van der Waals surface area contributed by atoms with Gasteiger partial charge in [0.2, 0.25) is 11.8 Å². The van der Waals surface area contributed by atoms with Crippen LogP contribution in [0.4, 0.5) is 9.59 Å².